The average molecular weight is 314 g/mol. The average Bonchev–Trinajstić information content (AvgIpc) is 2.87. The molecular weight excluding hydrogens is 297 g/mol. The Morgan fingerprint density at radius 2 is 1.59 bits per heavy atom. The third-order valence-electron chi connectivity index (χ3n) is 4.84. The monoisotopic (exact) mass is 313 g/mol. The molecule has 4 rings (SSSR count). The van der Waals surface area contributed by atoms with E-state index in [1.165, 1.54) is 16.7 Å². The number of rotatable bonds is 2. The van der Waals surface area contributed by atoms with Crippen LogP contribution >= 0.6 is 11.6 Å². The maximum Gasteiger partial charge on any atom is 0.123 e. The lowest BCUT2D eigenvalue weighted by Crippen LogP contribution is -2.24. The Morgan fingerprint density at radius 1 is 0.909 bits per heavy atom. The Morgan fingerprint density at radius 3 is 2.32 bits per heavy atom. The molecular formula is C19H17ClFN. The van der Waals surface area contributed by atoms with Crippen LogP contribution in [0, 0.1) is 11.7 Å². The van der Waals surface area contributed by atoms with Crippen molar-refractivity contribution in [1.82, 2.24) is 4.90 Å². The maximum atomic E-state index is 13.2. The van der Waals surface area contributed by atoms with Crippen LogP contribution in [0.25, 0.3) is 5.57 Å². The largest absolute Gasteiger partial charge is 0.298 e. The van der Waals surface area contributed by atoms with E-state index >= 15 is 0 Å². The molecule has 1 nitrogen and oxygen atoms in total. The van der Waals surface area contributed by atoms with Gasteiger partial charge in [0, 0.05) is 36.5 Å². The molecule has 2 heterocycles. The predicted molar refractivity (Wildman–Crippen MR) is 88.5 cm³/mol. The van der Waals surface area contributed by atoms with Crippen molar-refractivity contribution in [3.8, 4) is 0 Å². The van der Waals surface area contributed by atoms with Crippen LogP contribution in [-0.4, -0.2) is 24.5 Å². The molecule has 0 saturated carbocycles. The van der Waals surface area contributed by atoms with E-state index in [1.807, 2.05) is 24.3 Å². The molecule has 2 aromatic carbocycles. The lowest BCUT2D eigenvalue weighted by molar-refractivity contribution is 0.360. The molecule has 112 valence electrons. The third-order valence-corrected chi connectivity index (χ3v) is 5.09. The van der Waals surface area contributed by atoms with Gasteiger partial charge in [-0.2, -0.15) is 0 Å². The summed E-state index contributed by atoms with van der Waals surface area (Å²) < 4.78 is 13.2. The molecule has 22 heavy (non-hydrogen) atoms. The van der Waals surface area contributed by atoms with Crippen LogP contribution in [0.15, 0.2) is 54.6 Å². The summed E-state index contributed by atoms with van der Waals surface area (Å²) in [5.74, 6) is 0.740. The minimum absolute atomic E-state index is 0.168. The van der Waals surface area contributed by atoms with Crippen molar-refractivity contribution in [2.24, 2.45) is 5.92 Å². The van der Waals surface area contributed by atoms with Gasteiger partial charge in [-0.05, 0) is 41.0 Å². The zero-order valence-corrected chi connectivity index (χ0v) is 12.9. The fourth-order valence-corrected chi connectivity index (χ4v) is 3.88. The molecule has 0 radical (unpaired) electrons. The summed E-state index contributed by atoms with van der Waals surface area (Å²) in [5.41, 5.74) is 3.89. The molecule has 3 heteroatoms. The minimum Gasteiger partial charge on any atom is -0.298 e. The van der Waals surface area contributed by atoms with Gasteiger partial charge in [-0.25, -0.2) is 4.39 Å². The van der Waals surface area contributed by atoms with Gasteiger partial charge < -0.3 is 0 Å². The highest BCUT2D eigenvalue weighted by Crippen LogP contribution is 2.43. The molecule has 0 aromatic heterocycles. The molecule has 0 spiro atoms. The van der Waals surface area contributed by atoms with Crippen molar-refractivity contribution in [3.05, 3.63) is 76.6 Å². The first-order chi connectivity index (χ1) is 10.7. The second-order valence-corrected chi connectivity index (χ2v) is 6.59. The van der Waals surface area contributed by atoms with Crippen LogP contribution in [0.5, 0.6) is 0 Å². The standard InChI is InChI=1S/C19H17ClFN/c20-15-5-1-13(2-6-15)17-9-10-22-11-18(19(17)12-22)14-3-7-16(21)8-4-14/h1-9,18-19H,10-12H2/t18-,19+/m0/s1. The van der Waals surface area contributed by atoms with Crippen molar-refractivity contribution in [2.75, 3.05) is 19.6 Å². The zero-order valence-electron chi connectivity index (χ0n) is 12.2. The van der Waals surface area contributed by atoms with E-state index in [0.29, 0.717) is 11.8 Å². The molecule has 1 fully saturated rings. The fourth-order valence-electron chi connectivity index (χ4n) is 3.75. The van der Waals surface area contributed by atoms with E-state index in [9.17, 15) is 4.39 Å². The van der Waals surface area contributed by atoms with Crippen LogP contribution in [0.3, 0.4) is 0 Å². The van der Waals surface area contributed by atoms with Gasteiger partial charge in [0.15, 0.2) is 0 Å². The number of hydrogen-bond donors (Lipinski definition) is 0. The van der Waals surface area contributed by atoms with Gasteiger partial charge >= 0.3 is 0 Å². The molecule has 0 N–H and O–H groups in total. The van der Waals surface area contributed by atoms with E-state index in [4.69, 9.17) is 11.6 Å². The second kappa shape index (κ2) is 5.53. The fraction of sp³-hybridized carbons (Fsp3) is 0.263. The van der Waals surface area contributed by atoms with Gasteiger partial charge in [0.25, 0.3) is 0 Å². The second-order valence-electron chi connectivity index (χ2n) is 6.15. The molecule has 2 bridgehead atoms. The zero-order chi connectivity index (χ0) is 15.1. The highest BCUT2D eigenvalue weighted by molar-refractivity contribution is 6.30. The van der Waals surface area contributed by atoms with E-state index in [-0.39, 0.29) is 5.82 Å². The lowest BCUT2D eigenvalue weighted by atomic mass is 9.80. The van der Waals surface area contributed by atoms with E-state index in [0.717, 1.165) is 24.7 Å². The summed E-state index contributed by atoms with van der Waals surface area (Å²) in [6.07, 6.45) is 2.33. The van der Waals surface area contributed by atoms with Crippen molar-refractivity contribution in [2.45, 2.75) is 5.92 Å². The predicted octanol–water partition coefficient (Wildman–Crippen LogP) is 4.59. The number of fused-ring (bicyclic) bond motifs is 2. The van der Waals surface area contributed by atoms with Gasteiger partial charge in [0.05, 0.1) is 0 Å². The highest BCUT2D eigenvalue weighted by atomic mass is 35.5. The molecule has 0 aliphatic carbocycles. The number of halogens is 2. The summed E-state index contributed by atoms with van der Waals surface area (Å²) in [5, 5.41) is 0.767. The first-order valence-corrected chi connectivity index (χ1v) is 8.02. The van der Waals surface area contributed by atoms with Crippen LogP contribution in [0.2, 0.25) is 5.02 Å². The molecule has 3 atom stereocenters. The van der Waals surface area contributed by atoms with Crippen LogP contribution < -0.4 is 0 Å². The third kappa shape index (κ3) is 2.47. The van der Waals surface area contributed by atoms with E-state index in [2.05, 4.69) is 23.1 Å². The number of hydrogen-bond acceptors (Lipinski definition) is 1. The summed E-state index contributed by atoms with van der Waals surface area (Å²) in [7, 11) is 0. The van der Waals surface area contributed by atoms with Crippen molar-refractivity contribution >= 4 is 17.2 Å². The SMILES string of the molecule is Fc1ccc([C@@H]2CN3CC=C(c4ccc(Cl)cc4)[C@H]2C3)cc1. The molecule has 1 unspecified atom stereocenters. The van der Waals surface area contributed by atoms with Crippen molar-refractivity contribution < 1.29 is 4.39 Å². The normalized spacial score (nSPS) is 26.8. The summed E-state index contributed by atoms with van der Waals surface area (Å²) in [6.45, 7) is 3.12. The molecule has 1 saturated heterocycles. The smallest absolute Gasteiger partial charge is 0.123 e. The number of nitrogens with zero attached hydrogens (tertiary/aromatic N) is 1. The van der Waals surface area contributed by atoms with E-state index < -0.39 is 0 Å². The Bertz CT molecular complexity index is 705. The molecule has 2 aliphatic heterocycles. The maximum absolute atomic E-state index is 13.2. The molecule has 2 aromatic rings. The minimum atomic E-state index is -0.168. The Hall–Kier alpha value is -1.64. The van der Waals surface area contributed by atoms with E-state index in [1.54, 1.807) is 12.1 Å². The first-order valence-electron chi connectivity index (χ1n) is 7.64. The first kappa shape index (κ1) is 14.0. The van der Waals surface area contributed by atoms with Gasteiger partial charge in [-0.3, -0.25) is 4.90 Å². The van der Waals surface area contributed by atoms with Gasteiger partial charge in [0.1, 0.15) is 5.82 Å². The lowest BCUT2D eigenvalue weighted by Gasteiger charge is -2.25. The Labute approximate surface area is 135 Å². The van der Waals surface area contributed by atoms with Crippen molar-refractivity contribution in [3.63, 3.8) is 0 Å². The van der Waals surface area contributed by atoms with Gasteiger partial charge in [-0.15, -0.1) is 0 Å². The van der Waals surface area contributed by atoms with Crippen LogP contribution in [-0.2, 0) is 0 Å². The van der Waals surface area contributed by atoms with Crippen molar-refractivity contribution in [1.29, 1.82) is 0 Å². The Balaban J connectivity index is 1.68. The summed E-state index contributed by atoms with van der Waals surface area (Å²) >= 11 is 6.01. The summed E-state index contributed by atoms with van der Waals surface area (Å²) in [4.78, 5) is 2.47. The quantitative estimate of drug-likeness (QED) is 0.783. The summed E-state index contributed by atoms with van der Waals surface area (Å²) in [6, 6.07) is 15.1. The van der Waals surface area contributed by atoms with Crippen LogP contribution in [0.4, 0.5) is 4.39 Å². The van der Waals surface area contributed by atoms with Gasteiger partial charge in [0.2, 0.25) is 0 Å². The highest BCUT2D eigenvalue weighted by Gasteiger charge is 2.38. The molecule has 0 amide bonds. The Kier molecular flexibility index (Phi) is 3.51. The van der Waals surface area contributed by atoms with Crippen LogP contribution in [0.1, 0.15) is 17.0 Å². The molecule has 2 aliphatic rings. The topological polar surface area (TPSA) is 3.24 Å². The number of benzene rings is 2. The van der Waals surface area contributed by atoms with Gasteiger partial charge in [-0.1, -0.05) is 41.9 Å².